The Balaban J connectivity index is 1.71. The molecule has 0 saturated heterocycles. The lowest BCUT2D eigenvalue weighted by Gasteiger charge is -2.31. The molecule has 0 bridgehead atoms. The van der Waals surface area contributed by atoms with E-state index in [9.17, 15) is 10.1 Å². The van der Waals surface area contributed by atoms with E-state index < -0.39 is 0 Å². The molecule has 1 heterocycles. The first-order valence-electron chi connectivity index (χ1n) is 10.2. The molecule has 0 amide bonds. The van der Waals surface area contributed by atoms with E-state index in [1.165, 1.54) is 0 Å². The lowest BCUT2D eigenvalue weighted by molar-refractivity contribution is -0.384. The topological polar surface area (TPSA) is 52.4 Å². The normalized spacial score (nSPS) is 12.9. The number of nitrogens with zero attached hydrogens (tertiary/aromatic N) is 1. The molecule has 1 aliphatic heterocycles. The summed E-state index contributed by atoms with van der Waals surface area (Å²) in [4.78, 5) is 10.9. The van der Waals surface area contributed by atoms with Gasteiger partial charge in [0.05, 0.1) is 4.92 Å². The number of hydrogen-bond acceptors (Lipinski definition) is 3. The van der Waals surface area contributed by atoms with Crippen molar-refractivity contribution in [2.75, 3.05) is 0 Å². The summed E-state index contributed by atoms with van der Waals surface area (Å²) in [5.41, 5.74) is 3.28. The number of fused-ring (bicyclic) bond motifs is 6. The second kappa shape index (κ2) is 6.67. The van der Waals surface area contributed by atoms with Gasteiger partial charge in [-0.05, 0) is 39.2 Å². The zero-order valence-electron chi connectivity index (χ0n) is 16.5. The van der Waals surface area contributed by atoms with Gasteiger partial charge < -0.3 is 4.74 Å². The van der Waals surface area contributed by atoms with E-state index in [0.29, 0.717) is 0 Å². The Morgan fingerprint density at radius 3 is 1.68 bits per heavy atom. The minimum atomic E-state index is -0.361. The summed E-state index contributed by atoms with van der Waals surface area (Å²) in [6.07, 6.45) is 0. The minimum absolute atomic E-state index is 0.0899. The van der Waals surface area contributed by atoms with Crippen molar-refractivity contribution >= 4 is 27.2 Å². The van der Waals surface area contributed by atoms with Gasteiger partial charge in [0, 0.05) is 29.2 Å². The Kier molecular flexibility index (Phi) is 3.80. The number of non-ortho nitro benzene ring substituents is 1. The molecular formula is C27H17NO3. The number of nitro groups is 1. The van der Waals surface area contributed by atoms with E-state index in [0.717, 1.165) is 49.7 Å². The SMILES string of the molecule is O=[N+]([O-])c1ccc(C2c3c(ccc4ccccc34)Oc3ccc4ccccc4c32)cc1. The van der Waals surface area contributed by atoms with Crippen molar-refractivity contribution in [3.05, 3.63) is 124 Å². The van der Waals surface area contributed by atoms with Crippen LogP contribution in [0.15, 0.2) is 97.1 Å². The van der Waals surface area contributed by atoms with E-state index in [2.05, 4.69) is 36.4 Å². The van der Waals surface area contributed by atoms with Gasteiger partial charge in [0.2, 0.25) is 0 Å². The molecule has 4 nitrogen and oxygen atoms in total. The predicted octanol–water partition coefficient (Wildman–Crippen LogP) is 7.19. The Morgan fingerprint density at radius 2 is 1.16 bits per heavy atom. The fourth-order valence-corrected chi connectivity index (χ4v) is 4.71. The summed E-state index contributed by atoms with van der Waals surface area (Å²) in [6, 6.07) is 31.7. The lowest BCUT2D eigenvalue weighted by Crippen LogP contribution is -2.13. The van der Waals surface area contributed by atoms with Crippen LogP contribution in [0.2, 0.25) is 0 Å². The fourth-order valence-electron chi connectivity index (χ4n) is 4.71. The van der Waals surface area contributed by atoms with Gasteiger partial charge in [-0.1, -0.05) is 72.8 Å². The van der Waals surface area contributed by atoms with Crippen molar-refractivity contribution < 1.29 is 9.66 Å². The molecule has 5 aromatic carbocycles. The summed E-state index contributed by atoms with van der Waals surface area (Å²) >= 11 is 0. The van der Waals surface area contributed by atoms with Gasteiger partial charge in [-0.15, -0.1) is 0 Å². The van der Waals surface area contributed by atoms with Crippen LogP contribution in [-0.4, -0.2) is 4.92 Å². The molecule has 0 radical (unpaired) electrons. The molecule has 0 aromatic heterocycles. The van der Waals surface area contributed by atoms with Crippen LogP contribution in [0.4, 0.5) is 5.69 Å². The Morgan fingerprint density at radius 1 is 0.645 bits per heavy atom. The summed E-state index contributed by atoms with van der Waals surface area (Å²) < 4.78 is 6.40. The van der Waals surface area contributed by atoms with Gasteiger partial charge in [0.25, 0.3) is 5.69 Å². The Bertz CT molecular complexity index is 1400. The van der Waals surface area contributed by atoms with Crippen molar-refractivity contribution in [3.63, 3.8) is 0 Å². The highest BCUT2D eigenvalue weighted by molar-refractivity contribution is 5.95. The van der Waals surface area contributed by atoms with Crippen LogP contribution in [0.1, 0.15) is 22.6 Å². The van der Waals surface area contributed by atoms with Crippen LogP contribution >= 0.6 is 0 Å². The second-order valence-corrected chi connectivity index (χ2v) is 7.78. The first-order chi connectivity index (χ1) is 15.2. The number of nitro benzene ring substituents is 1. The zero-order valence-corrected chi connectivity index (χ0v) is 16.5. The number of rotatable bonds is 2. The van der Waals surface area contributed by atoms with Gasteiger partial charge in [-0.3, -0.25) is 10.1 Å². The van der Waals surface area contributed by atoms with E-state index in [4.69, 9.17) is 4.74 Å². The van der Waals surface area contributed by atoms with Gasteiger partial charge in [-0.2, -0.15) is 0 Å². The number of benzene rings is 5. The van der Waals surface area contributed by atoms with E-state index in [1.54, 1.807) is 12.1 Å². The Hall–Kier alpha value is -4.18. The van der Waals surface area contributed by atoms with Crippen LogP contribution in [-0.2, 0) is 0 Å². The molecule has 148 valence electrons. The van der Waals surface area contributed by atoms with Crippen molar-refractivity contribution in [2.24, 2.45) is 0 Å². The molecule has 4 heteroatoms. The highest BCUT2D eigenvalue weighted by Gasteiger charge is 2.32. The largest absolute Gasteiger partial charge is 0.457 e. The van der Waals surface area contributed by atoms with Gasteiger partial charge in [0.15, 0.2) is 0 Å². The van der Waals surface area contributed by atoms with Crippen molar-refractivity contribution in [1.29, 1.82) is 0 Å². The average Bonchev–Trinajstić information content (AvgIpc) is 2.82. The molecule has 6 rings (SSSR count). The standard InChI is InChI=1S/C27H17NO3/c29-28(30)20-13-9-19(10-14-20)25-26-21-7-3-1-5-17(21)11-15-23(26)31-24-16-12-18-6-2-4-8-22(18)27(24)25/h1-16,25H. The molecule has 0 atom stereocenters. The molecule has 0 unspecified atom stereocenters. The predicted molar refractivity (Wildman–Crippen MR) is 122 cm³/mol. The number of ether oxygens (including phenoxy) is 1. The third kappa shape index (κ3) is 2.69. The fraction of sp³-hybridized carbons (Fsp3) is 0.0370. The molecular weight excluding hydrogens is 386 g/mol. The molecule has 0 aliphatic carbocycles. The van der Waals surface area contributed by atoms with E-state index in [-0.39, 0.29) is 16.5 Å². The van der Waals surface area contributed by atoms with Gasteiger partial charge in [-0.25, -0.2) is 0 Å². The highest BCUT2D eigenvalue weighted by Crippen LogP contribution is 2.52. The Labute approximate surface area is 178 Å². The molecule has 5 aromatic rings. The first-order valence-corrected chi connectivity index (χ1v) is 10.2. The summed E-state index contributed by atoms with van der Waals surface area (Å²) in [7, 11) is 0. The van der Waals surface area contributed by atoms with Crippen LogP contribution in [0.25, 0.3) is 21.5 Å². The van der Waals surface area contributed by atoms with Crippen molar-refractivity contribution in [3.8, 4) is 11.5 Å². The summed E-state index contributed by atoms with van der Waals surface area (Å²) in [5.74, 6) is 1.55. The second-order valence-electron chi connectivity index (χ2n) is 7.78. The third-order valence-corrected chi connectivity index (χ3v) is 6.10. The smallest absolute Gasteiger partial charge is 0.269 e. The van der Waals surface area contributed by atoms with Gasteiger partial charge in [0.1, 0.15) is 11.5 Å². The van der Waals surface area contributed by atoms with E-state index >= 15 is 0 Å². The molecule has 1 aliphatic rings. The molecule has 31 heavy (non-hydrogen) atoms. The van der Waals surface area contributed by atoms with Crippen molar-refractivity contribution in [1.82, 2.24) is 0 Å². The summed E-state index contributed by atoms with van der Waals surface area (Å²) in [5, 5.41) is 15.8. The maximum Gasteiger partial charge on any atom is 0.269 e. The highest BCUT2D eigenvalue weighted by atomic mass is 16.6. The van der Waals surface area contributed by atoms with Crippen LogP contribution < -0.4 is 4.74 Å². The summed E-state index contributed by atoms with van der Waals surface area (Å²) in [6.45, 7) is 0. The number of hydrogen-bond donors (Lipinski definition) is 0. The van der Waals surface area contributed by atoms with Crippen LogP contribution in [0, 0.1) is 10.1 Å². The lowest BCUT2D eigenvalue weighted by atomic mass is 9.78. The molecule has 0 fully saturated rings. The zero-order chi connectivity index (χ0) is 20.9. The minimum Gasteiger partial charge on any atom is -0.457 e. The first kappa shape index (κ1) is 17.7. The maximum absolute atomic E-state index is 11.2. The van der Waals surface area contributed by atoms with Crippen LogP contribution in [0.5, 0.6) is 11.5 Å². The quantitative estimate of drug-likeness (QED) is 0.227. The third-order valence-electron chi connectivity index (χ3n) is 6.10. The molecule has 0 N–H and O–H groups in total. The van der Waals surface area contributed by atoms with Gasteiger partial charge >= 0.3 is 0 Å². The molecule has 0 spiro atoms. The maximum atomic E-state index is 11.2. The average molecular weight is 403 g/mol. The van der Waals surface area contributed by atoms with E-state index in [1.807, 2.05) is 48.5 Å². The van der Waals surface area contributed by atoms with Crippen LogP contribution in [0.3, 0.4) is 0 Å². The van der Waals surface area contributed by atoms with Crippen molar-refractivity contribution in [2.45, 2.75) is 5.92 Å². The molecule has 0 saturated carbocycles. The monoisotopic (exact) mass is 403 g/mol.